The van der Waals surface area contributed by atoms with Crippen molar-refractivity contribution in [3.8, 4) is 5.75 Å². The molecule has 1 unspecified atom stereocenters. The van der Waals surface area contributed by atoms with E-state index in [1.165, 1.54) is 0 Å². The second kappa shape index (κ2) is 7.38. The van der Waals surface area contributed by atoms with Crippen LogP contribution in [-0.4, -0.2) is 24.8 Å². The summed E-state index contributed by atoms with van der Waals surface area (Å²) in [7, 11) is 0. The van der Waals surface area contributed by atoms with Crippen LogP contribution in [0.4, 0.5) is 0 Å². The molecule has 3 rings (SSSR count). The number of carbonyl (C=O) groups is 1. The zero-order valence-corrected chi connectivity index (χ0v) is 15.0. The van der Waals surface area contributed by atoms with Gasteiger partial charge in [0, 0.05) is 0 Å². The Balaban J connectivity index is 1.62. The van der Waals surface area contributed by atoms with Gasteiger partial charge in [-0.2, -0.15) is 0 Å². The van der Waals surface area contributed by atoms with Crippen molar-refractivity contribution in [3.05, 3.63) is 65.2 Å². The number of hydrogen-bond donors (Lipinski definition) is 0. The van der Waals surface area contributed by atoms with Crippen molar-refractivity contribution < 1.29 is 19.0 Å². The lowest BCUT2D eigenvalue weighted by atomic mass is 10.0. The number of esters is 1. The first-order valence-corrected chi connectivity index (χ1v) is 8.59. The fourth-order valence-electron chi connectivity index (χ4n) is 2.66. The molecule has 0 bridgehead atoms. The molecule has 2 aromatic carbocycles. The Morgan fingerprint density at radius 1 is 1.20 bits per heavy atom. The summed E-state index contributed by atoms with van der Waals surface area (Å²) in [6.07, 6.45) is 0. The number of aryl methyl sites for hydroxylation is 1. The molecule has 0 radical (unpaired) electrons. The molecule has 1 heterocycles. The van der Waals surface area contributed by atoms with E-state index in [0.29, 0.717) is 19.0 Å². The van der Waals surface area contributed by atoms with Gasteiger partial charge in [-0.05, 0) is 35.6 Å². The number of hydrogen-bond acceptors (Lipinski definition) is 4. The molecule has 4 nitrogen and oxygen atoms in total. The zero-order chi connectivity index (χ0) is 17.9. The van der Waals surface area contributed by atoms with E-state index in [-0.39, 0.29) is 18.5 Å². The summed E-state index contributed by atoms with van der Waals surface area (Å²) < 4.78 is 16.8. The first-order chi connectivity index (χ1) is 12.0. The number of rotatable bonds is 7. The molecular formula is C21H24O4. The molecule has 1 aliphatic rings. The van der Waals surface area contributed by atoms with E-state index in [4.69, 9.17) is 14.2 Å². The molecule has 1 aliphatic heterocycles. The van der Waals surface area contributed by atoms with Crippen molar-refractivity contribution in [3.63, 3.8) is 0 Å². The normalized spacial score (nSPS) is 19.0. The van der Waals surface area contributed by atoms with Gasteiger partial charge in [-0.25, -0.2) is 4.79 Å². The van der Waals surface area contributed by atoms with E-state index in [9.17, 15) is 4.79 Å². The van der Waals surface area contributed by atoms with Gasteiger partial charge in [0.1, 0.15) is 5.75 Å². The van der Waals surface area contributed by atoms with E-state index in [1.54, 1.807) is 0 Å². The molecule has 4 heteroatoms. The third kappa shape index (κ3) is 4.27. The van der Waals surface area contributed by atoms with E-state index in [2.05, 4.69) is 13.8 Å². The van der Waals surface area contributed by atoms with Gasteiger partial charge in [0.05, 0.1) is 19.8 Å². The van der Waals surface area contributed by atoms with Crippen LogP contribution >= 0.6 is 0 Å². The Hall–Kier alpha value is -2.17. The molecule has 1 fully saturated rings. The molecule has 0 aromatic heterocycles. The van der Waals surface area contributed by atoms with Gasteiger partial charge in [0.2, 0.25) is 5.60 Å². The quantitative estimate of drug-likeness (QED) is 0.434. The van der Waals surface area contributed by atoms with E-state index >= 15 is 0 Å². The maximum atomic E-state index is 12.6. The fourth-order valence-corrected chi connectivity index (χ4v) is 2.66. The Labute approximate surface area is 148 Å². The summed E-state index contributed by atoms with van der Waals surface area (Å²) in [6.45, 7) is 7.12. The van der Waals surface area contributed by atoms with Crippen molar-refractivity contribution >= 4 is 5.97 Å². The van der Waals surface area contributed by atoms with Gasteiger partial charge >= 0.3 is 5.97 Å². The number of epoxide rings is 1. The van der Waals surface area contributed by atoms with Crippen LogP contribution in [0.3, 0.4) is 0 Å². The maximum Gasteiger partial charge on any atom is 0.348 e. The smallest absolute Gasteiger partial charge is 0.348 e. The molecule has 2 aromatic rings. The molecule has 0 aliphatic carbocycles. The minimum absolute atomic E-state index is 0.198. The minimum Gasteiger partial charge on any atom is -0.424 e. The van der Waals surface area contributed by atoms with Crippen LogP contribution in [-0.2, 0) is 20.9 Å². The van der Waals surface area contributed by atoms with Gasteiger partial charge < -0.3 is 14.2 Å². The molecule has 0 N–H and O–H groups in total. The topological polar surface area (TPSA) is 48.1 Å². The van der Waals surface area contributed by atoms with Gasteiger partial charge in [-0.3, -0.25) is 0 Å². The molecule has 1 saturated heterocycles. The van der Waals surface area contributed by atoms with Gasteiger partial charge in [0.15, 0.2) is 0 Å². The number of ether oxygens (including phenoxy) is 3. The van der Waals surface area contributed by atoms with Gasteiger partial charge in [-0.1, -0.05) is 56.3 Å². The molecule has 132 valence electrons. The lowest BCUT2D eigenvalue weighted by molar-refractivity contribution is -0.143. The highest BCUT2D eigenvalue weighted by Gasteiger charge is 2.54. The minimum atomic E-state index is -0.965. The zero-order valence-electron chi connectivity index (χ0n) is 15.0. The molecule has 0 saturated carbocycles. The first-order valence-electron chi connectivity index (χ1n) is 8.59. The summed E-state index contributed by atoms with van der Waals surface area (Å²) in [6, 6.07) is 15.8. The van der Waals surface area contributed by atoms with Gasteiger partial charge in [0.25, 0.3) is 0 Å². The number of benzene rings is 2. The van der Waals surface area contributed by atoms with Crippen molar-refractivity contribution in [1.82, 2.24) is 0 Å². The molecule has 25 heavy (non-hydrogen) atoms. The molecular weight excluding hydrogens is 316 g/mol. The summed E-state index contributed by atoms with van der Waals surface area (Å²) in [5.74, 6) is 0.500. The summed E-state index contributed by atoms with van der Waals surface area (Å²) >= 11 is 0. The Morgan fingerprint density at radius 3 is 2.56 bits per heavy atom. The highest BCUT2D eigenvalue weighted by molar-refractivity contribution is 5.85. The highest BCUT2D eigenvalue weighted by Crippen LogP contribution is 2.33. The van der Waals surface area contributed by atoms with Gasteiger partial charge in [-0.15, -0.1) is 0 Å². The predicted molar refractivity (Wildman–Crippen MR) is 95.7 cm³/mol. The average molecular weight is 340 g/mol. The fraction of sp³-hybridized carbons (Fsp3) is 0.381. The average Bonchev–Trinajstić information content (AvgIpc) is 3.37. The van der Waals surface area contributed by atoms with Crippen LogP contribution in [0.5, 0.6) is 5.75 Å². The van der Waals surface area contributed by atoms with Crippen LogP contribution in [0.2, 0.25) is 0 Å². The Kier molecular flexibility index (Phi) is 5.21. The lowest BCUT2D eigenvalue weighted by Gasteiger charge is -2.16. The van der Waals surface area contributed by atoms with Crippen molar-refractivity contribution in [2.75, 3.05) is 13.2 Å². The Bertz CT molecular complexity index is 733. The highest BCUT2D eigenvalue weighted by atomic mass is 16.7. The standard InChI is InChI=1S/C21H24O4/c1-15(2)18-10-9-16(3)11-19(18)25-20(22)21(14-24-21)13-23-12-17-7-5-4-6-8-17/h4-11,15H,12-14H2,1-3H3. The molecule has 0 spiro atoms. The molecule has 1 atom stereocenters. The lowest BCUT2D eigenvalue weighted by Crippen LogP contribution is -2.34. The van der Waals surface area contributed by atoms with E-state index in [1.807, 2.05) is 55.5 Å². The summed E-state index contributed by atoms with van der Waals surface area (Å²) in [5.41, 5.74) is 2.16. The summed E-state index contributed by atoms with van der Waals surface area (Å²) in [4.78, 5) is 12.6. The third-order valence-corrected chi connectivity index (χ3v) is 4.31. The predicted octanol–water partition coefficient (Wildman–Crippen LogP) is 4.01. The number of carbonyl (C=O) groups excluding carboxylic acids is 1. The first kappa shape index (κ1) is 17.6. The van der Waals surface area contributed by atoms with Crippen molar-refractivity contribution in [2.24, 2.45) is 0 Å². The van der Waals surface area contributed by atoms with Crippen LogP contribution in [0.15, 0.2) is 48.5 Å². The SMILES string of the molecule is Cc1ccc(C(C)C)c(OC(=O)C2(COCc3ccccc3)CO2)c1. The van der Waals surface area contributed by atoms with E-state index in [0.717, 1.165) is 16.7 Å². The van der Waals surface area contributed by atoms with Crippen LogP contribution in [0.25, 0.3) is 0 Å². The third-order valence-electron chi connectivity index (χ3n) is 4.31. The largest absolute Gasteiger partial charge is 0.424 e. The van der Waals surface area contributed by atoms with Crippen LogP contribution in [0.1, 0.15) is 36.5 Å². The molecule has 0 amide bonds. The second-order valence-electron chi connectivity index (χ2n) is 6.85. The van der Waals surface area contributed by atoms with E-state index < -0.39 is 5.60 Å². The Morgan fingerprint density at radius 2 is 1.92 bits per heavy atom. The second-order valence-corrected chi connectivity index (χ2v) is 6.85. The maximum absolute atomic E-state index is 12.6. The monoisotopic (exact) mass is 340 g/mol. The summed E-state index contributed by atoms with van der Waals surface area (Å²) in [5, 5.41) is 0. The van der Waals surface area contributed by atoms with Crippen molar-refractivity contribution in [1.29, 1.82) is 0 Å². The van der Waals surface area contributed by atoms with Crippen molar-refractivity contribution in [2.45, 2.75) is 38.9 Å². The van der Waals surface area contributed by atoms with Crippen LogP contribution < -0.4 is 4.74 Å². The van der Waals surface area contributed by atoms with Crippen LogP contribution in [0, 0.1) is 6.92 Å².